The number of benzene rings is 2. The zero-order valence-electron chi connectivity index (χ0n) is 16.2. The van der Waals surface area contributed by atoms with Gasteiger partial charge < -0.3 is 10.1 Å². The topological polar surface area (TPSA) is 55.4 Å². The van der Waals surface area contributed by atoms with Gasteiger partial charge in [0, 0.05) is 5.56 Å². The largest absolute Gasteiger partial charge is 0.458 e. The van der Waals surface area contributed by atoms with E-state index in [0.717, 1.165) is 12.8 Å². The van der Waals surface area contributed by atoms with E-state index in [9.17, 15) is 9.59 Å². The van der Waals surface area contributed by atoms with E-state index in [-0.39, 0.29) is 17.8 Å². The zero-order valence-corrected chi connectivity index (χ0v) is 16.2. The maximum Gasteiger partial charge on any atom is 0.332 e. The van der Waals surface area contributed by atoms with Gasteiger partial charge in [0.15, 0.2) is 0 Å². The first kappa shape index (κ1) is 19.2. The van der Waals surface area contributed by atoms with Crippen molar-refractivity contribution in [2.75, 3.05) is 0 Å². The molecule has 0 heterocycles. The van der Waals surface area contributed by atoms with Gasteiger partial charge in [-0.15, -0.1) is 0 Å². The first-order chi connectivity index (χ1) is 12.8. The Morgan fingerprint density at radius 1 is 1.04 bits per heavy atom. The van der Waals surface area contributed by atoms with Gasteiger partial charge in [0.05, 0.1) is 0 Å². The van der Waals surface area contributed by atoms with Gasteiger partial charge >= 0.3 is 5.97 Å². The van der Waals surface area contributed by atoms with Gasteiger partial charge in [0.1, 0.15) is 11.1 Å². The predicted octanol–water partition coefficient (Wildman–Crippen LogP) is 4.15. The van der Waals surface area contributed by atoms with E-state index in [1.54, 1.807) is 12.1 Å². The number of rotatable bonds is 6. The van der Waals surface area contributed by atoms with Crippen molar-refractivity contribution in [1.82, 2.24) is 5.32 Å². The van der Waals surface area contributed by atoms with Crippen molar-refractivity contribution in [1.29, 1.82) is 0 Å². The summed E-state index contributed by atoms with van der Waals surface area (Å²) in [6.45, 7) is 5.54. The van der Waals surface area contributed by atoms with E-state index in [1.165, 1.54) is 5.56 Å². The molecule has 2 aromatic carbocycles. The van der Waals surface area contributed by atoms with Crippen LogP contribution in [0.4, 0.5) is 0 Å². The molecule has 1 aliphatic rings. The third-order valence-corrected chi connectivity index (χ3v) is 4.87. The van der Waals surface area contributed by atoms with Crippen LogP contribution in [0.5, 0.6) is 0 Å². The summed E-state index contributed by atoms with van der Waals surface area (Å²) in [7, 11) is 0. The highest BCUT2D eigenvalue weighted by atomic mass is 16.6. The van der Waals surface area contributed by atoms with E-state index in [2.05, 4.69) is 17.4 Å². The van der Waals surface area contributed by atoms with E-state index >= 15 is 0 Å². The second-order valence-electron chi connectivity index (χ2n) is 8.22. The Labute approximate surface area is 160 Å². The van der Waals surface area contributed by atoms with Gasteiger partial charge in [-0.3, -0.25) is 4.79 Å². The monoisotopic (exact) mass is 365 g/mol. The summed E-state index contributed by atoms with van der Waals surface area (Å²) in [5, 5.41) is 2.98. The fourth-order valence-electron chi connectivity index (χ4n) is 3.35. The number of aryl methyl sites for hydroxylation is 1. The van der Waals surface area contributed by atoms with Crippen LogP contribution in [0.25, 0.3) is 0 Å². The van der Waals surface area contributed by atoms with Crippen LogP contribution in [-0.4, -0.2) is 23.0 Å². The molecule has 0 aromatic heterocycles. The minimum absolute atomic E-state index is 0.0835. The Balaban J connectivity index is 1.72. The molecule has 1 fully saturated rings. The van der Waals surface area contributed by atoms with Crippen LogP contribution in [0, 0.1) is 5.92 Å². The Kier molecular flexibility index (Phi) is 5.36. The van der Waals surface area contributed by atoms with E-state index in [0.29, 0.717) is 12.0 Å². The summed E-state index contributed by atoms with van der Waals surface area (Å²) in [6.07, 6.45) is 2.32. The normalized spacial score (nSPS) is 21.4. The highest BCUT2D eigenvalue weighted by molar-refractivity contribution is 5.99. The average molecular weight is 365 g/mol. The first-order valence-electron chi connectivity index (χ1n) is 9.45. The van der Waals surface area contributed by atoms with Gasteiger partial charge in [-0.05, 0) is 63.6 Å². The molecule has 4 heteroatoms. The molecule has 0 saturated heterocycles. The minimum Gasteiger partial charge on any atom is -0.458 e. The van der Waals surface area contributed by atoms with Gasteiger partial charge in [-0.25, -0.2) is 4.79 Å². The van der Waals surface area contributed by atoms with Crippen molar-refractivity contribution >= 4 is 11.9 Å². The molecule has 4 nitrogen and oxygen atoms in total. The summed E-state index contributed by atoms with van der Waals surface area (Å²) in [4.78, 5) is 25.6. The van der Waals surface area contributed by atoms with Crippen molar-refractivity contribution in [2.24, 2.45) is 5.92 Å². The molecule has 0 radical (unpaired) electrons. The zero-order chi connectivity index (χ0) is 19.5. The predicted molar refractivity (Wildman–Crippen MR) is 105 cm³/mol. The number of hydrogen-bond acceptors (Lipinski definition) is 3. The SMILES string of the molecule is CC(C)(C)OC(=O)C1(NC(=O)c2ccccc2)CC1CCc1ccccc1. The third kappa shape index (κ3) is 4.76. The van der Waals surface area contributed by atoms with Gasteiger partial charge in [-0.2, -0.15) is 0 Å². The van der Waals surface area contributed by atoms with E-state index < -0.39 is 11.1 Å². The number of carbonyl (C=O) groups is 2. The van der Waals surface area contributed by atoms with E-state index in [1.807, 2.05) is 57.2 Å². The number of nitrogens with one attached hydrogen (secondary N) is 1. The molecular formula is C23H27NO3. The molecular weight excluding hydrogens is 338 g/mol. The van der Waals surface area contributed by atoms with Crippen LogP contribution < -0.4 is 5.32 Å². The van der Waals surface area contributed by atoms with Crippen LogP contribution in [0.3, 0.4) is 0 Å². The first-order valence-corrected chi connectivity index (χ1v) is 9.45. The maximum absolute atomic E-state index is 12.9. The molecule has 1 N–H and O–H groups in total. The fraction of sp³-hybridized carbons (Fsp3) is 0.391. The van der Waals surface area contributed by atoms with Gasteiger partial charge in [0.25, 0.3) is 5.91 Å². The summed E-state index contributed by atoms with van der Waals surface area (Å²) in [5.41, 5.74) is 0.273. The lowest BCUT2D eigenvalue weighted by Crippen LogP contribution is -2.48. The quantitative estimate of drug-likeness (QED) is 0.783. The van der Waals surface area contributed by atoms with Crippen LogP contribution in [0.15, 0.2) is 60.7 Å². The lowest BCUT2D eigenvalue weighted by molar-refractivity contribution is -0.159. The smallest absolute Gasteiger partial charge is 0.332 e. The molecule has 1 saturated carbocycles. The Bertz CT molecular complexity index is 795. The standard InChI is InChI=1S/C23H27NO3/c1-22(2,3)27-21(26)23(24-20(25)18-12-8-5-9-13-18)16-19(23)15-14-17-10-6-4-7-11-17/h4-13,19H,14-16H2,1-3H3,(H,24,25). The number of amides is 1. The van der Waals surface area contributed by atoms with Crippen molar-refractivity contribution in [3.05, 3.63) is 71.8 Å². The highest BCUT2D eigenvalue weighted by Crippen LogP contribution is 2.48. The Hall–Kier alpha value is -2.62. The Morgan fingerprint density at radius 2 is 1.63 bits per heavy atom. The van der Waals surface area contributed by atoms with Crippen LogP contribution >= 0.6 is 0 Å². The summed E-state index contributed by atoms with van der Waals surface area (Å²) in [6, 6.07) is 19.2. The lowest BCUT2D eigenvalue weighted by Gasteiger charge is -2.25. The molecule has 2 atom stereocenters. The van der Waals surface area contributed by atoms with Crippen molar-refractivity contribution < 1.29 is 14.3 Å². The summed E-state index contributed by atoms with van der Waals surface area (Å²) < 4.78 is 5.63. The molecule has 0 spiro atoms. The summed E-state index contributed by atoms with van der Waals surface area (Å²) >= 11 is 0. The molecule has 0 bridgehead atoms. The molecule has 0 aliphatic heterocycles. The van der Waals surface area contributed by atoms with Crippen LogP contribution in [0.1, 0.15) is 49.5 Å². The van der Waals surface area contributed by atoms with Crippen molar-refractivity contribution in [2.45, 2.75) is 51.2 Å². The van der Waals surface area contributed by atoms with Gasteiger partial charge in [0.2, 0.25) is 0 Å². The van der Waals surface area contributed by atoms with E-state index in [4.69, 9.17) is 4.74 Å². The molecule has 142 valence electrons. The second-order valence-corrected chi connectivity index (χ2v) is 8.22. The lowest BCUT2D eigenvalue weighted by atomic mass is 10.0. The summed E-state index contributed by atoms with van der Waals surface area (Å²) in [5.74, 6) is -0.485. The van der Waals surface area contributed by atoms with Crippen molar-refractivity contribution in [3.8, 4) is 0 Å². The molecule has 3 rings (SSSR count). The minimum atomic E-state index is -0.922. The van der Waals surface area contributed by atoms with Crippen molar-refractivity contribution in [3.63, 3.8) is 0 Å². The highest BCUT2D eigenvalue weighted by Gasteiger charge is 2.62. The fourth-order valence-corrected chi connectivity index (χ4v) is 3.35. The van der Waals surface area contributed by atoms with Crippen LogP contribution in [-0.2, 0) is 16.0 Å². The number of hydrogen-bond donors (Lipinski definition) is 1. The number of esters is 1. The second kappa shape index (κ2) is 7.55. The molecule has 1 amide bonds. The van der Waals surface area contributed by atoms with Crippen LogP contribution in [0.2, 0.25) is 0 Å². The molecule has 1 aliphatic carbocycles. The molecule has 2 aromatic rings. The average Bonchev–Trinajstić information content (AvgIpc) is 3.34. The Morgan fingerprint density at radius 3 is 2.22 bits per heavy atom. The molecule has 27 heavy (non-hydrogen) atoms. The maximum atomic E-state index is 12.9. The molecule has 2 unspecified atom stereocenters. The number of ether oxygens (including phenoxy) is 1. The number of carbonyl (C=O) groups excluding carboxylic acids is 2. The third-order valence-electron chi connectivity index (χ3n) is 4.87. The van der Waals surface area contributed by atoms with Gasteiger partial charge in [-0.1, -0.05) is 48.5 Å².